The van der Waals surface area contributed by atoms with Gasteiger partial charge in [-0.15, -0.1) is 0 Å². The van der Waals surface area contributed by atoms with E-state index in [-0.39, 0.29) is 5.11 Å². The summed E-state index contributed by atoms with van der Waals surface area (Å²) in [6, 6.07) is 16.9. The average molecular weight is 409 g/mol. The molecular weight excluding hydrogens is 390 g/mol. The average Bonchev–Trinajstić information content (AvgIpc) is 3.24. The van der Waals surface area contributed by atoms with Gasteiger partial charge in [0.05, 0.1) is 6.26 Å². The highest BCUT2D eigenvalue weighted by Crippen LogP contribution is 2.21. The molecule has 0 fully saturated rings. The monoisotopic (exact) mass is 409 g/mol. The van der Waals surface area contributed by atoms with Gasteiger partial charge < -0.3 is 9.15 Å². The van der Waals surface area contributed by atoms with E-state index in [2.05, 4.69) is 16.2 Å². The van der Waals surface area contributed by atoms with Crippen LogP contribution in [0.5, 0.6) is 5.75 Å². The Morgan fingerprint density at radius 3 is 2.62 bits per heavy atom. The smallest absolute Gasteiger partial charge is 0.279 e. The van der Waals surface area contributed by atoms with Crippen LogP contribution >= 0.6 is 12.2 Å². The lowest BCUT2D eigenvalue weighted by Gasteiger charge is -2.16. The van der Waals surface area contributed by atoms with Gasteiger partial charge in [0, 0.05) is 6.08 Å². The Morgan fingerprint density at radius 1 is 1.07 bits per heavy atom. The Hall–Kier alpha value is -3.65. The number of carbonyl (C=O) groups excluding carboxylic acids is 2. The third kappa shape index (κ3) is 5.91. The van der Waals surface area contributed by atoms with E-state index in [9.17, 15) is 9.59 Å². The zero-order valence-electron chi connectivity index (χ0n) is 15.5. The number of hydrazine groups is 1. The molecule has 0 saturated carbocycles. The third-order valence-corrected chi connectivity index (χ3v) is 4.09. The van der Waals surface area contributed by atoms with Gasteiger partial charge in [0.25, 0.3) is 5.91 Å². The molecule has 2 aromatic carbocycles. The van der Waals surface area contributed by atoms with Crippen LogP contribution in [0.2, 0.25) is 0 Å². The highest BCUT2D eigenvalue weighted by Gasteiger charge is 2.15. The number of rotatable bonds is 5. The summed E-state index contributed by atoms with van der Waals surface area (Å²) >= 11 is 4.98. The van der Waals surface area contributed by atoms with Crippen LogP contribution in [0, 0.1) is 0 Å². The SMILES string of the molecule is C[C@H](Oc1ccc2ccccc2c1)C(=O)NNC(=S)NC(=O)/C=C/c1ccco1. The Balaban J connectivity index is 1.45. The zero-order valence-corrected chi connectivity index (χ0v) is 16.4. The van der Waals surface area contributed by atoms with E-state index >= 15 is 0 Å². The van der Waals surface area contributed by atoms with Crippen molar-refractivity contribution in [1.82, 2.24) is 16.2 Å². The summed E-state index contributed by atoms with van der Waals surface area (Å²) in [5.41, 5.74) is 4.87. The zero-order chi connectivity index (χ0) is 20.6. The Kier molecular flexibility index (Phi) is 6.59. The largest absolute Gasteiger partial charge is 0.481 e. The minimum atomic E-state index is -0.777. The molecule has 0 spiro atoms. The summed E-state index contributed by atoms with van der Waals surface area (Å²) in [4.78, 5) is 24.0. The number of hydrogen-bond acceptors (Lipinski definition) is 5. The van der Waals surface area contributed by atoms with E-state index in [4.69, 9.17) is 21.4 Å². The van der Waals surface area contributed by atoms with Crippen LogP contribution in [0.3, 0.4) is 0 Å². The van der Waals surface area contributed by atoms with Gasteiger partial charge >= 0.3 is 0 Å². The van der Waals surface area contributed by atoms with Crippen molar-refractivity contribution in [2.45, 2.75) is 13.0 Å². The van der Waals surface area contributed by atoms with Crippen LogP contribution < -0.4 is 20.9 Å². The van der Waals surface area contributed by atoms with Crippen LogP contribution in [0.4, 0.5) is 0 Å². The van der Waals surface area contributed by atoms with Crippen LogP contribution in [0.15, 0.2) is 71.4 Å². The molecule has 1 atom stereocenters. The first-order chi connectivity index (χ1) is 14.0. The summed E-state index contributed by atoms with van der Waals surface area (Å²) < 4.78 is 10.8. The third-order valence-electron chi connectivity index (χ3n) is 3.88. The van der Waals surface area contributed by atoms with Crippen molar-refractivity contribution in [3.05, 3.63) is 72.7 Å². The molecule has 8 heteroatoms. The van der Waals surface area contributed by atoms with Crippen molar-refractivity contribution in [2.75, 3.05) is 0 Å². The number of ether oxygens (including phenoxy) is 1. The molecule has 0 unspecified atom stereocenters. The van der Waals surface area contributed by atoms with Crippen LogP contribution in [0.1, 0.15) is 12.7 Å². The van der Waals surface area contributed by atoms with E-state index in [0.29, 0.717) is 11.5 Å². The lowest BCUT2D eigenvalue weighted by Crippen LogP contribution is -2.51. The molecule has 0 saturated heterocycles. The maximum Gasteiger partial charge on any atom is 0.279 e. The lowest BCUT2D eigenvalue weighted by molar-refractivity contribution is -0.128. The molecule has 2 amide bonds. The van der Waals surface area contributed by atoms with E-state index in [1.165, 1.54) is 18.4 Å². The Labute approximate surface area is 172 Å². The second-order valence-corrected chi connectivity index (χ2v) is 6.46. The maximum atomic E-state index is 12.2. The Bertz CT molecular complexity index is 1050. The van der Waals surface area contributed by atoms with E-state index in [1.54, 1.807) is 25.1 Å². The molecule has 29 heavy (non-hydrogen) atoms. The fourth-order valence-electron chi connectivity index (χ4n) is 2.45. The number of thiocarbonyl (C=S) groups is 1. The molecule has 0 aliphatic carbocycles. The molecule has 3 rings (SSSR count). The van der Waals surface area contributed by atoms with Gasteiger partial charge in [0.1, 0.15) is 11.5 Å². The molecule has 0 bridgehead atoms. The molecule has 3 N–H and O–H groups in total. The molecule has 7 nitrogen and oxygen atoms in total. The Morgan fingerprint density at radius 2 is 1.86 bits per heavy atom. The quantitative estimate of drug-likeness (QED) is 0.341. The fourth-order valence-corrected chi connectivity index (χ4v) is 2.60. The molecule has 148 valence electrons. The molecule has 0 aliphatic heterocycles. The lowest BCUT2D eigenvalue weighted by atomic mass is 10.1. The van der Waals surface area contributed by atoms with Gasteiger partial charge in [0.2, 0.25) is 5.91 Å². The highest BCUT2D eigenvalue weighted by atomic mass is 32.1. The van der Waals surface area contributed by atoms with Crippen LogP contribution in [0.25, 0.3) is 16.8 Å². The van der Waals surface area contributed by atoms with E-state index in [0.717, 1.165) is 10.8 Å². The van der Waals surface area contributed by atoms with Crippen molar-refractivity contribution in [3.63, 3.8) is 0 Å². The van der Waals surface area contributed by atoms with Gasteiger partial charge in [-0.25, -0.2) is 0 Å². The van der Waals surface area contributed by atoms with Crippen molar-refractivity contribution in [2.24, 2.45) is 0 Å². The van der Waals surface area contributed by atoms with Crippen molar-refractivity contribution in [1.29, 1.82) is 0 Å². The summed E-state index contributed by atoms with van der Waals surface area (Å²) in [5.74, 6) is 0.201. The molecule has 3 aromatic rings. The first-order valence-corrected chi connectivity index (χ1v) is 9.20. The van der Waals surface area contributed by atoms with E-state index < -0.39 is 17.9 Å². The number of furan rings is 1. The second kappa shape index (κ2) is 9.52. The van der Waals surface area contributed by atoms with Gasteiger partial charge in [-0.3, -0.25) is 25.8 Å². The first kappa shape index (κ1) is 20.1. The fraction of sp³-hybridized carbons (Fsp3) is 0.0952. The molecular formula is C21H19N3O4S. The number of carbonyl (C=O) groups is 2. The second-order valence-electron chi connectivity index (χ2n) is 6.05. The summed E-state index contributed by atoms with van der Waals surface area (Å²) in [5, 5.41) is 4.45. The van der Waals surface area contributed by atoms with Gasteiger partial charge in [-0.2, -0.15) is 0 Å². The topological polar surface area (TPSA) is 92.6 Å². The first-order valence-electron chi connectivity index (χ1n) is 8.79. The number of benzene rings is 2. The predicted octanol–water partition coefficient (Wildman–Crippen LogP) is 2.94. The maximum absolute atomic E-state index is 12.2. The van der Waals surface area contributed by atoms with E-state index in [1.807, 2.05) is 36.4 Å². The summed E-state index contributed by atoms with van der Waals surface area (Å²) in [7, 11) is 0. The molecule has 0 radical (unpaired) electrons. The molecule has 1 aromatic heterocycles. The number of nitrogens with one attached hydrogen (secondary N) is 3. The van der Waals surface area contributed by atoms with Crippen molar-refractivity contribution < 1.29 is 18.7 Å². The van der Waals surface area contributed by atoms with Gasteiger partial charge in [-0.05, 0) is 60.3 Å². The standard InChI is InChI=1S/C21H19N3O4S/c1-14(28-18-9-8-15-5-2-3-6-16(15)13-18)20(26)23-24-21(29)22-19(25)11-10-17-7-4-12-27-17/h2-14H,1H3,(H,23,26)(H2,22,24,25,29)/b11-10+/t14-/m0/s1. The van der Waals surface area contributed by atoms with Gasteiger partial charge in [-0.1, -0.05) is 30.3 Å². The van der Waals surface area contributed by atoms with Gasteiger partial charge in [0.15, 0.2) is 11.2 Å². The number of amides is 2. The minimum absolute atomic E-state index is 0.0506. The highest BCUT2D eigenvalue weighted by molar-refractivity contribution is 7.80. The normalized spacial score (nSPS) is 11.8. The summed E-state index contributed by atoms with van der Waals surface area (Å²) in [6.07, 6.45) is 3.48. The van der Waals surface area contributed by atoms with Crippen LogP contribution in [-0.2, 0) is 9.59 Å². The minimum Gasteiger partial charge on any atom is -0.481 e. The molecule has 0 aliphatic rings. The predicted molar refractivity (Wildman–Crippen MR) is 114 cm³/mol. The van der Waals surface area contributed by atoms with Crippen molar-refractivity contribution in [3.8, 4) is 5.75 Å². The molecule has 1 heterocycles. The number of fused-ring (bicyclic) bond motifs is 1. The van der Waals surface area contributed by atoms with Crippen LogP contribution in [-0.4, -0.2) is 23.0 Å². The number of hydrogen-bond donors (Lipinski definition) is 3. The van der Waals surface area contributed by atoms with Crippen molar-refractivity contribution >= 4 is 46.0 Å². The summed E-state index contributed by atoms with van der Waals surface area (Å²) in [6.45, 7) is 1.61.